The van der Waals surface area contributed by atoms with Gasteiger partial charge in [0.1, 0.15) is 11.6 Å². The number of nitrogens with zero attached hydrogens (tertiary/aromatic N) is 3. The number of piperidine rings is 1. The first-order valence-electron chi connectivity index (χ1n) is 10.2. The molecule has 1 unspecified atom stereocenters. The van der Waals surface area contributed by atoms with E-state index >= 15 is 0 Å². The summed E-state index contributed by atoms with van der Waals surface area (Å²) in [5, 5.41) is 3.44. The third-order valence-corrected chi connectivity index (χ3v) is 6.39. The fourth-order valence-corrected chi connectivity index (χ4v) is 4.60. The maximum atomic E-state index is 13.4. The second-order valence-electron chi connectivity index (χ2n) is 7.97. The molecule has 1 aliphatic carbocycles. The number of carbonyl (C=O) groups excluding carboxylic acids is 1. The van der Waals surface area contributed by atoms with Crippen LogP contribution in [-0.4, -0.2) is 39.5 Å². The van der Waals surface area contributed by atoms with Crippen molar-refractivity contribution in [1.29, 1.82) is 0 Å². The summed E-state index contributed by atoms with van der Waals surface area (Å²) in [4.78, 5) is 20.0. The first-order chi connectivity index (χ1) is 13.1. The third kappa shape index (κ3) is 3.72. The first kappa shape index (κ1) is 20.9. The van der Waals surface area contributed by atoms with Crippen LogP contribution in [0.5, 0.6) is 0 Å². The van der Waals surface area contributed by atoms with Crippen molar-refractivity contribution in [3.05, 3.63) is 41.4 Å². The fourth-order valence-electron chi connectivity index (χ4n) is 4.60. The molecule has 2 aromatic rings. The Balaban J connectivity index is 0.00000225. The molecular weight excluding hydrogens is 376 g/mol. The smallest absolute Gasteiger partial charge is 0.290 e. The maximum Gasteiger partial charge on any atom is 0.290 e. The summed E-state index contributed by atoms with van der Waals surface area (Å²) in [6, 6.07) is 2.18. The average molecular weight is 407 g/mol. The number of nitrogens with one attached hydrogen (secondary N) is 1. The monoisotopic (exact) mass is 406 g/mol. The van der Waals surface area contributed by atoms with Gasteiger partial charge in [-0.2, -0.15) is 0 Å². The van der Waals surface area contributed by atoms with Crippen LogP contribution in [0.2, 0.25) is 0 Å². The van der Waals surface area contributed by atoms with Gasteiger partial charge in [0.05, 0.1) is 6.54 Å². The van der Waals surface area contributed by atoms with E-state index in [4.69, 9.17) is 4.42 Å². The molecule has 0 radical (unpaired) electrons. The van der Waals surface area contributed by atoms with E-state index in [9.17, 15) is 4.79 Å². The molecule has 4 rings (SSSR count). The lowest BCUT2D eigenvalue weighted by atomic mass is 9.93. The third-order valence-electron chi connectivity index (χ3n) is 6.39. The second-order valence-corrected chi connectivity index (χ2v) is 7.97. The molecule has 2 aromatic heterocycles. The standard InChI is InChI=1S/C21H30N4O2.ClH/c1-4-16-15(3)12-17(27-16)20(26)25(14-19-23-10-11-24(19)5-2)18-13-21(18)6-8-22-9-7-21;/h10-12,18,22H,4-9,13-14H2,1-3H3;1H. The molecule has 1 saturated carbocycles. The Morgan fingerprint density at radius 3 is 2.79 bits per heavy atom. The van der Waals surface area contributed by atoms with Gasteiger partial charge in [-0.05, 0) is 63.2 Å². The van der Waals surface area contributed by atoms with Gasteiger partial charge in [-0.3, -0.25) is 4.79 Å². The molecule has 154 valence electrons. The Labute approximate surface area is 173 Å². The van der Waals surface area contributed by atoms with E-state index in [1.165, 1.54) is 0 Å². The topological polar surface area (TPSA) is 63.3 Å². The number of aromatic nitrogens is 2. The summed E-state index contributed by atoms with van der Waals surface area (Å²) in [6.45, 7) is 9.66. The van der Waals surface area contributed by atoms with Crippen molar-refractivity contribution in [3.8, 4) is 0 Å². The lowest BCUT2D eigenvalue weighted by Crippen LogP contribution is -2.39. The van der Waals surface area contributed by atoms with Crippen LogP contribution in [0.1, 0.15) is 60.8 Å². The van der Waals surface area contributed by atoms with E-state index in [2.05, 4.69) is 28.7 Å². The highest BCUT2D eigenvalue weighted by Crippen LogP contribution is 2.56. The van der Waals surface area contributed by atoms with Crippen LogP contribution >= 0.6 is 12.4 Å². The quantitative estimate of drug-likeness (QED) is 0.796. The highest BCUT2D eigenvalue weighted by Gasteiger charge is 2.58. The van der Waals surface area contributed by atoms with Crippen LogP contribution in [-0.2, 0) is 19.5 Å². The van der Waals surface area contributed by atoms with Crippen molar-refractivity contribution in [2.45, 2.75) is 65.6 Å². The zero-order valence-corrected chi connectivity index (χ0v) is 17.8. The van der Waals surface area contributed by atoms with E-state index in [0.29, 0.717) is 12.3 Å². The first-order valence-corrected chi connectivity index (χ1v) is 10.2. The van der Waals surface area contributed by atoms with Gasteiger partial charge in [0.25, 0.3) is 5.91 Å². The van der Waals surface area contributed by atoms with Gasteiger partial charge in [-0.1, -0.05) is 6.92 Å². The minimum Gasteiger partial charge on any atom is -0.456 e. The van der Waals surface area contributed by atoms with Crippen LogP contribution < -0.4 is 5.32 Å². The minimum atomic E-state index is 0. The number of amides is 1. The Morgan fingerprint density at radius 1 is 1.39 bits per heavy atom. The molecule has 1 N–H and O–H groups in total. The lowest BCUT2D eigenvalue weighted by Gasteiger charge is -2.29. The zero-order chi connectivity index (χ0) is 19.0. The van der Waals surface area contributed by atoms with Crippen molar-refractivity contribution >= 4 is 18.3 Å². The normalized spacial score (nSPS) is 20.0. The van der Waals surface area contributed by atoms with Crippen LogP contribution in [0.15, 0.2) is 22.9 Å². The largest absolute Gasteiger partial charge is 0.456 e. The zero-order valence-electron chi connectivity index (χ0n) is 17.0. The Bertz CT molecular complexity index is 822. The molecule has 28 heavy (non-hydrogen) atoms. The van der Waals surface area contributed by atoms with E-state index < -0.39 is 0 Å². The van der Waals surface area contributed by atoms with Gasteiger partial charge < -0.3 is 19.2 Å². The number of halogens is 1. The molecule has 1 spiro atoms. The molecule has 1 atom stereocenters. The molecule has 1 saturated heterocycles. The van der Waals surface area contributed by atoms with E-state index in [0.717, 1.165) is 62.5 Å². The fraction of sp³-hybridized carbons (Fsp3) is 0.619. The summed E-state index contributed by atoms with van der Waals surface area (Å²) >= 11 is 0. The van der Waals surface area contributed by atoms with Crippen LogP contribution in [0.25, 0.3) is 0 Å². The van der Waals surface area contributed by atoms with E-state index in [1.54, 1.807) is 0 Å². The number of rotatable bonds is 6. The highest BCUT2D eigenvalue weighted by atomic mass is 35.5. The Kier molecular flexibility index (Phi) is 6.20. The molecule has 0 bridgehead atoms. The van der Waals surface area contributed by atoms with Gasteiger partial charge in [0, 0.05) is 31.4 Å². The lowest BCUT2D eigenvalue weighted by molar-refractivity contribution is 0.0650. The second kappa shape index (κ2) is 8.29. The average Bonchev–Trinajstić information content (AvgIpc) is 3.03. The summed E-state index contributed by atoms with van der Waals surface area (Å²) in [5.41, 5.74) is 1.34. The number of imidazole rings is 1. The van der Waals surface area contributed by atoms with Gasteiger partial charge in [-0.25, -0.2) is 4.98 Å². The Hall–Kier alpha value is -1.79. The molecule has 6 nitrogen and oxygen atoms in total. The molecular formula is C21H31ClN4O2. The summed E-state index contributed by atoms with van der Waals surface area (Å²) in [5.74, 6) is 2.32. The van der Waals surface area contributed by atoms with Crippen molar-refractivity contribution in [2.24, 2.45) is 5.41 Å². The predicted molar refractivity (Wildman–Crippen MR) is 111 cm³/mol. The van der Waals surface area contributed by atoms with Crippen LogP contribution in [0, 0.1) is 12.3 Å². The predicted octanol–water partition coefficient (Wildman–Crippen LogP) is 3.57. The van der Waals surface area contributed by atoms with E-state index in [1.807, 2.05) is 30.3 Å². The van der Waals surface area contributed by atoms with Gasteiger partial charge in [0.15, 0.2) is 5.76 Å². The summed E-state index contributed by atoms with van der Waals surface area (Å²) in [6.07, 6.45) is 7.98. The SMILES string of the molecule is CCc1oc(C(=O)N(Cc2nccn2CC)C2CC23CCNCC3)cc1C.Cl. The van der Waals surface area contributed by atoms with Crippen LogP contribution in [0.3, 0.4) is 0 Å². The molecule has 0 aromatic carbocycles. The van der Waals surface area contributed by atoms with E-state index in [-0.39, 0.29) is 29.8 Å². The number of hydrogen-bond acceptors (Lipinski definition) is 4. The van der Waals surface area contributed by atoms with Crippen molar-refractivity contribution in [2.75, 3.05) is 13.1 Å². The summed E-state index contributed by atoms with van der Waals surface area (Å²) in [7, 11) is 0. The van der Waals surface area contributed by atoms with Gasteiger partial charge in [-0.15, -0.1) is 12.4 Å². The highest BCUT2D eigenvalue weighted by molar-refractivity contribution is 5.92. The molecule has 2 aliphatic rings. The Morgan fingerprint density at radius 2 is 2.14 bits per heavy atom. The van der Waals surface area contributed by atoms with Gasteiger partial charge in [0.2, 0.25) is 0 Å². The molecule has 7 heteroatoms. The number of aryl methyl sites for hydroxylation is 3. The van der Waals surface area contributed by atoms with Crippen molar-refractivity contribution < 1.29 is 9.21 Å². The maximum absolute atomic E-state index is 13.4. The summed E-state index contributed by atoms with van der Waals surface area (Å²) < 4.78 is 8.02. The number of carbonyl (C=O) groups is 1. The van der Waals surface area contributed by atoms with Crippen molar-refractivity contribution in [1.82, 2.24) is 19.8 Å². The van der Waals surface area contributed by atoms with Crippen molar-refractivity contribution in [3.63, 3.8) is 0 Å². The number of hydrogen-bond donors (Lipinski definition) is 1. The minimum absolute atomic E-state index is 0. The molecule has 2 fully saturated rings. The number of furan rings is 1. The van der Waals surface area contributed by atoms with Gasteiger partial charge >= 0.3 is 0 Å². The molecule has 1 amide bonds. The molecule has 3 heterocycles. The molecule has 1 aliphatic heterocycles. The van der Waals surface area contributed by atoms with Crippen LogP contribution in [0.4, 0.5) is 0 Å².